The van der Waals surface area contributed by atoms with Crippen molar-refractivity contribution >= 4 is 11.9 Å². The number of nitrogens with zero attached hydrogens (tertiary/aromatic N) is 1. The second-order valence-corrected chi connectivity index (χ2v) is 9.20. The largest absolute Gasteiger partial charge is 0.479 e. The van der Waals surface area contributed by atoms with Gasteiger partial charge in [0.1, 0.15) is 28.5 Å². The summed E-state index contributed by atoms with van der Waals surface area (Å²) < 4.78 is 41.9. The molecule has 0 bridgehead atoms. The molecule has 4 rings (SSSR count). The number of halogens is 1. The molecule has 3 aromatic rings. The average Bonchev–Trinajstić information content (AvgIpc) is 3.30. The maximum absolute atomic E-state index is 14.7. The van der Waals surface area contributed by atoms with E-state index in [1.54, 1.807) is 51.1 Å². The molecule has 1 N–H and O–H groups in total. The number of carbonyl (C=O) groups excluding carboxylic acids is 2. The highest BCUT2D eigenvalue weighted by molar-refractivity contribution is 5.96. The van der Waals surface area contributed by atoms with Crippen molar-refractivity contribution in [3.05, 3.63) is 71.7 Å². The van der Waals surface area contributed by atoms with E-state index in [2.05, 4.69) is 10.3 Å². The van der Waals surface area contributed by atoms with Gasteiger partial charge in [0.15, 0.2) is 17.6 Å². The number of carbonyl (C=O) groups is 2. The molecule has 0 saturated carbocycles. The number of rotatable bonds is 8. The van der Waals surface area contributed by atoms with Crippen molar-refractivity contribution in [2.45, 2.75) is 45.9 Å². The SMILES string of the molecule is CC(Oc1ccc(CNC(=O)c2cccnc2Oc2ccc3c(c2)OCO3)c(F)c1)C(=O)OC(C)(C)C. The lowest BCUT2D eigenvalue weighted by Crippen LogP contribution is -2.33. The molecule has 0 fully saturated rings. The molecule has 1 atom stereocenters. The summed E-state index contributed by atoms with van der Waals surface area (Å²) in [5.74, 6) is 0.141. The number of pyridine rings is 1. The van der Waals surface area contributed by atoms with E-state index >= 15 is 0 Å². The summed E-state index contributed by atoms with van der Waals surface area (Å²) in [7, 11) is 0. The first-order valence-electron chi connectivity index (χ1n) is 11.6. The second-order valence-electron chi connectivity index (χ2n) is 9.20. The molecular formula is C27H27FN2O7. The Morgan fingerprint density at radius 3 is 2.59 bits per heavy atom. The van der Waals surface area contributed by atoms with Crippen LogP contribution in [-0.2, 0) is 16.1 Å². The molecule has 0 aliphatic carbocycles. The monoisotopic (exact) mass is 510 g/mol. The molecule has 0 radical (unpaired) electrons. The third-order valence-electron chi connectivity index (χ3n) is 5.09. The lowest BCUT2D eigenvalue weighted by Gasteiger charge is -2.22. The number of aromatic nitrogens is 1. The summed E-state index contributed by atoms with van der Waals surface area (Å²) in [6.07, 6.45) is 0.577. The highest BCUT2D eigenvalue weighted by Crippen LogP contribution is 2.36. The number of ether oxygens (including phenoxy) is 5. The average molecular weight is 511 g/mol. The van der Waals surface area contributed by atoms with Crippen LogP contribution in [0.25, 0.3) is 0 Å². The Labute approximate surface area is 213 Å². The first-order chi connectivity index (χ1) is 17.6. The first kappa shape index (κ1) is 25.7. The van der Waals surface area contributed by atoms with Crippen LogP contribution in [0.15, 0.2) is 54.7 Å². The summed E-state index contributed by atoms with van der Waals surface area (Å²) in [4.78, 5) is 29.1. The summed E-state index contributed by atoms with van der Waals surface area (Å²) in [5.41, 5.74) is -0.259. The molecule has 2 aromatic carbocycles. The van der Waals surface area contributed by atoms with Crippen LogP contribution in [0.4, 0.5) is 4.39 Å². The molecule has 1 amide bonds. The molecule has 0 saturated heterocycles. The minimum Gasteiger partial charge on any atom is -0.479 e. The van der Waals surface area contributed by atoms with Crippen LogP contribution >= 0.6 is 0 Å². The number of fused-ring (bicyclic) bond motifs is 1. The number of esters is 1. The Balaban J connectivity index is 1.38. The van der Waals surface area contributed by atoms with Crippen molar-refractivity contribution in [3.63, 3.8) is 0 Å². The second kappa shape index (κ2) is 10.7. The lowest BCUT2D eigenvalue weighted by atomic mass is 10.2. The lowest BCUT2D eigenvalue weighted by molar-refractivity contribution is -0.162. The number of benzene rings is 2. The van der Waals surface area contributed by atoms with Gasteiger partial charge in [-0.05, 0) is 58.0 Å². The Bertz CT molecular complexity index is 1310. The molecule has 1 aliphatic rings. The van der Waals surface area contributed by atoms with E-state index in [0.29, 0.717) is 17.2 Å². The molecule has 10 heteroatoms. The van der Waals surface area contributed by atoms with Crippen LogP contribution in [0, 0.1) is 5.82 Å². The van der Waals surface area contributed by atoms with Gasteiger partial charge < -0.3 is 29.0 Å². The van der Waals surface area contributed by atoms with E-state index in [9.17, 15) is 14.0 Å². The Morgan fingerprint density at radius 1 is 1.08 bits per heavy atom. The van der Waals surface area contributed by atoms with Crippen LogP contribution in [0.2, 0.25) is 0 Å². The van der Waals surface area contributed by atoms with Crippen molar-refractivity contribution < 1.29 is 37.7 Å². The van der Waals surface area contributed by atoms with Gasteiger partial charge in [-0.25, -0.2) is 14.2 Å². The normalized spacial score (nSPS) is 13.0. The molecule has 2 heterocycles. The zero-order valence-corrected chi connectivity index (χ0v) is 20.9. The number of nitrogens with one attached hydrogen (secondary N) is 1. The van der Waals surface area contributed by atoms with Gasteiger partial charge in [-0.2, -0.15) is 0 Å². The standard InChI is InChI=1S/C27H27FN2O7/c1-16(26(32)37-27(2,3)4)35-18-8-7-17(21(28)12-18)14-30-24(31)20-6-5-11-29-25(20)36-19-9-10-22-23(13-19)34-15-33-22/h5-13,16H,14-15H2,1-4H3,(H,30,31). The van der Waals surface area contributed by atoms with Gasteiger partial charge in [0, 0.05) is 30.4 Å². The van der Waals surface area contributed by atoms with E-state index in [4.69, 9.17) is 23.7 Å². The number of hydrogen-bond donors (Lipinski definition) is 1. The minimum absolute atomic E-state index is 0.0826. The predicted octanol–water partition coefficient (Wildman–Crippen LogP) is 4.78. The van der Waals surface area contributed by atoms with Gasteiger partial charge in [0.25, 0.3) is 5.91 Å². The van der Waals surface area contributed by atoms with Crippen LogP contribution in [0.3, 0.4) is 0 Å². The van der Waals surface area contributed by atoms with Crippen LogP contribution in [0.1, 0.15) is 43.6 Å². The van der Waals surface area contributed by atoms with Crippen molar-refractivity contribution in [2.24, 2.45) is 0 Å². The molecule has 1 aliphatic heterocycles. The fraction of sp³-hybridized carbons (Fsp3) is 0.296. The Kier molecular flexibility index (Phi) is 7.47. The zero-order valence-electron chi connectivity index (χ0n) is 20.9. The molecule has 37 heavy (non-hydrogen) atoms. The van der Waals surface area contributed by atoms with Crippen molar-refractivity contribution in [1.29, 1.82) is 0 Å². The molecule has 194 valence electrons. The van der Waals surface area contributed by atoms with Crippen LogP contribution in [-0.4, -0.2) is 35.4 Å². The van der Waals surface area contributed by atoms with Crippen molar-refractivity contribution in [1.82, 2.24) is 10.3 Å². The summed E-state index contributed by atoms with van der Waals surface area (Å²) >= 11 is 0. The van der Waals surface area contributed by atoms with Gasteiger partial charge in [0.2, 0.25) is 12.7 Å². The molecule has 0 spiro atoms. The fourth-order valence-electron chi connectivity index (χ4n) is 3.35. The van der Waals surface area contributed by atoms with E-state index < -0.39 is 29.4 Å². The Hall–Kier alpha value is -4.34. The summed E-state index contributed by atoms with van der Waals surface area (Å²) in [6.45, 7) is 6.81. The fourth-order valence-corrected chi connectivity index (χ4v) is 3.35. The summed E-state index contributed by atoms with van der Waals surface area (Å²) in [6, 6.07) is 12.3. The zero-order chi connectivity index (χ0) is 26.6. The molecule has 9 nitrogen and oxygen atoms in total. The van der Waals surface area contributed by atoms with Gasteiger partial charge in [-0.1, -0.05) is 6.07 Å². The topological polar surface area (TPSA) is 105 Å². The van der Waals surface area contributed by atoms with Gasteiger partial charge in [0.05, 0.1) is 0 Å². The van der Waals surface area contributed by atoms with Crippen LogP contribution in [0.5, 0.6) is 28.9 Å². The first-order valence-corrected chi connectivity index (χ1v) is 11.6. The maximum Gasteiger partial charge on any atom is 0.347 e. The van der Waals surface area contributed by atoms with Crippen molar-refractivity contribution in [2.75, 3.05) is 6.79 Å². The van der Waals surface area contributed by atoms with E-state index in [0.717, 1.165) is 6.07 Å². The number of amides is 1. The smallest absolute Gasteiger partial charge is 0.347 e. The van der Waals surface area contributed by atoms with E-state index in [-0.39, 0.29) is 36.1 Å². The highest BCUT2D eigenvalue weighted by Gasteiger charge is 2.23. The van der Waals surface area contributed by atoms with E-state index in [1.807, 2.05) is 0 Å². The van der Waals surface area contributed by atoms with Crippen molar-refractivity contribution in [3.8, 4) is 28.9 Å². The quantitative estimate of drug-likeness (QED) is 0.432. The highest BCUT2D eigenvalue weighted by atomic mass is 19.1. The third-order valence-corrected chi connectivity index (χ3v) is 5.09. The molecule has 1 aromatic heterocycles. The predicted molar refractivity (Wildman–Crippen MR) is 130 cm³/mol. The molecular weight excluding hydrogens is 483 g/mol. The summed E-state index contributed by atoms with van der Waals surface area (Å²) in [5, 5.41) is 2.67. The van der Waals surface area contributed by atoms with E-state index in [1.165, 1.54) is 25.3 Å². The maximum atomic E-state index is 14.7. The molecule has 1 unspecified atom stereocenters. The minimum atomic E-state index is -0.919. The van der Waals surface area contributed by atoms with Gasteiger partial charge >= 0.3 is 5.97 Å². The van der Waals surface area contributed by atoms with Gasteiger partial charge in [-0.3, -0.25) is 4.79 Å². The van der Waals surface area contributed by atoms with Gasteiger partial charge in [-0.15, -0.1) is 0 Å². The third kappa shape index (κ3) is 6.66. The van der Waals surface area contributed by atoms with Crippen LogP contribution < -0.4 is 24.3 Å². The number of hydrogen-bond acceptors (Lipinski definition) is 8. The Morgan fingerprint density at radius 2 is 1.84 bits per heavy atom.